The van der Waals surface area contributed by atoms with Gasteiger partial charge in [-0.2, -0.15) is 0 Å². The Morgan fingerprint density at radius 2 is 1.95 bits per heavy atom. The molecule has 1 atom stereocenters. The Labute approximate surface area is 133 Å². The van der Waals surface area contributed by atoms with Gasteiger partial charge in [0.25, 0.3) is 5.91 Å². The Hall–Kier alpha value is -1.61. The number of carbonyl (C=O) groups excluding carboxylic acids is 1. The van der Waals surface area contributed by atoms with E-state index in [-0.39, 0.29) is 11.9 Å². The molecule has 0 heterocycles. The largest absolute Gasteiger partial charge is 0.349 e. The molecule has 0 saturated carbocycles. The number of aryl methyl sites for hydroxylation is 2. The van der Waals surface area contributed by atoms with Crippen LogP contribution in [0.5, 0.6) is 0 Å². The molecular formula is C18H18BrNO. The maximum Gasteiger partial charge on any atom is 0.251 e. The Kier molecular flexibility index (Phi) is 4.11. The molecule has 2 nitrogen and oxygen atoms in total. The minimum absolute atomic E-state index is 0.0231. The zero-order valence-corrected chi connectivity index (χ0v) is 13.6. The Morgan fingerprint density at radius 1 is 1.19 bits per heavy atom. The first kappa shape index (κ1) is 14.3. The van der Waals surface area contributed by atoms with Crippen LogP contribution < -0.4 is 5.32 Å². The van der Waals surface area contributed by atoms with Gasteiger partial charge >= 0.3 is 0 Å². The SMILES string of the molecule is Cc1cc(C(=O)NC2CCc3ccccc3C2)ccc1Br. The highest BCUT2D eigenvalue weighted by Crippen LogP contribution is 2.22. The molecule has 21 heavy (non-hydrogen) atoms. The van der Waals surface area contributed by atoms with Gasteiger partial charge in [-0.15, -0.1) is 0 Å². The van der Waals surface area contributed by atoms with Gasteiger partial charge in [-0.25, -0.2) is 0 Å². The number of fused-ring (bicyclic) bond motifs is 1. The van der Waals surface area contributed by atoms with Crippen LogP contribution in [0.15, 0.2) is 46.9 Å². The van der Waals surface area contributed by atoms with Gasteiger partial charge in [0.1, 0.15) is 0 Å². The maximum atomic E-state index is 12.4. The summed E-state index contributed by atoms with van der Waals surface area (Å²) in [7, 11) is 0. The molecule has 1 aliphatic rings. The normalized spacial score (nSPS) is 17.1. The zero-order valence-electron chi connectivity index (χ0n) is 12.0. The lowest BCUT2D eigenvalue weighted by molar-refractivity contribution is 0.0933. The van der Waals surface area contributed by atoms with Gasteiger partial charge in [0.2, 0.25) is 0 Å². The second-order valence-corrected chi connectivity index (χ2v) is 6.50. The van der Waals surface area contributed by atoms with Crippen molar-refractivity contribution >= 4 is 21.8 Å². The molecule has 1 unspecified atom stereocenters. The lowest BCUT2D eigenvalue weighted by Gasteiger charge is -2.25. The van der Waals surface area contributed by atoms with Crippen molar-refractivity contribution in [2.75, 3.05) is 0 Å². The van der Waals surface area contributed by atoms with Crippen LogP contribution in [-0.2, 0) is 12.8 Å². The van der Waals surface area contributed by atoms with Crippen LogP contribution >= 0.6 is 15.9 Å². The van der Waals surface area contributed by atoms with E-state index in [0.717, 1.165) is 34.9 Å². The number of carbonyl (C=O) groups is 1. The summed E-state index contributed by atoms with van der Waals surface area (Å²) in [4.78, 5) is 12.4. The third kappa shape index (κ3) is 3.18. The van der Waals surface area contributed by atoms with Crippen molar-refractivity contribution in [1.82, 2.24) is 5.32 Å². The summed E-state index contributed by atoms with van der Waals surface area (Å²) in [5, 5.41) is 3.17. The molecular weight excluding hydrogens is 326 g/mol. The van der Waals surface area contributed by atoms with Crippen LogP contribution in [-0.4, -0.2) is 11.9 Å². The second kappa shape index (κ2) is 6.02. The number of benzene rings is 2. The van der Waals surface area contributed by atoms with Gasteiger partial charge < -0.3 is 5.32 Å². The Balaban J connectivity index is 1.70. The predicted octanol–water partition coefficient (Wildman–Crippen LogP) is 4.04. The zero-order chi connectivity index (χ0) is 14.8. The highest BCUT2D eigenvalue weighted by Gasteiger charge is 2.20. The summed E-state index contributed by atoms with van der Waals surface area (Å²) >= 11 is 3.46. The summed E-state index contributed by atoms with van der Waals surface area (Å²) in [5.74, 6) is 0.0231. The first-order valence-electron chi connectivity index (χ1n) is 7.27. The minimum Gasteiger partial charge on any atom is -0.349 e. The van der Waals surface area contributed by atoms with E-state index < -0.39 is 0 Å². The summed E-state index contributed by atoms with van der Waals surface area (Å²) in [6.07, 6.45) is 2.98. The van der Waals surface area contributed by atoms with E-state index in [1.165, 1.54) is 11.1 Å². The minimum atomic E-state index is 0.0231. The fourth-order valence-corrected chi connectivity index (χ4v) is 3.12. The molecule has 3 rings (SSSR count). The van der Waals surface area contributed by atoms with E-state index in [9.17, 15) is 4.79 Å². The number of rotatable bonds is 2. The molecule has 108 valence electrons. The van der Waals surface area contributed by atoms with Crippen LogP contribution in [0.1, 0.15) is 33.5 Å². The van der Waals surface area contributed by atoms with Gasteiger partial charge in [0, 0.05) is 16.1 Å². The lowest BCUT2D eigenvalue weighted by atomic mass is 9.88. The predicted molar refractivity (Wildman–Crippen MR) is 88.6 cm³/mol. The van der Waals surface area contributed by atoms with Crippen molar-refractivity contribution in [3.63, 3.8) is 0 Å². The molecule has 1 aliphatic carbocycles. The van der Waals surface area contributed by atoms with Crippen LogP contribution in [0, 0.1) is 6.92 Å². The molecule has 2 aromatic rings. The number of hydrogen-bond acceptors (Lipinski definition) is 1. The van der Waals surface area contributed by atoms with E-state index in [1.807, 2.05) is 25.1 Å². The van der Waals surface area contributed by atoms with Crippen molar-refractivity contribution in [1.29, 1.82) is 0 Å². The standard InChI is InChI=1S/C18H18BrNO/c1-12-10-15(7-9-17(12)19)18(21)20-16-8-6-13-4-2-3-5-14(13)11-16/h2-5,7,9-10,16H,6,8,11H2,1H3,(H,20,21). The van der Waals surface area contributed by atoms with Crippen molar-refractivity contribution in [3.05, 3.63) is 69.2 Å². The van der Waals surface area contributed by atoms with Gasteiger partial charge in [0.05, 0.1) is 0 Å². The molecule has 2 aromatic carbocycles. The number of hydrogen-bond donors (Lipinski definition) is 1. The maximum absolute atomic E-state index is 12.4. The van der Waals surface area contributed by atoms with Crippen molar-refractivity contribution in [2.24, 2.45) is 0 Å². The summed E-state index contributed by atoms with van der Waals surface area (Å²) < 4.78 is 1.03. The smallest absolute Gasteiger partial charge is 0.251 e. The van der Waals surface area contributed by atoms with Crippen LogP contribution in [0.4, 0.5) is 0 Å². The average Bonchev–Trinajstić information content (AvgIpc) is 2.50. The molecule has 0 radical (unpaired) electrons. The molecule has 0 aliphatic heterocycles. The van der Waals surface area contributed by atoms with Crippen molar-refractivity contribution in [2.45, 2.75) is 32.2 Å². The highest BCUT2D eigenvalue weighted by molar-refractivity contribution is 9.10. The van der Waals surface area contributed by atoms with E-state index in [2.05, 4.69) is 45.5 Å². The molecule has 1 N–H and O–H groups in total. The van der Waals surface area contributed by atoms with Gasteiger partial charge in [-0.1, -0.05) is 40.2 Å². The fraction of sp³-hybridized carbons (Fsp3) is 0.278. The molecule has 0 fully saturated rings. The third-order valence-electron chi connectivity index (χ3n) is 4.10. The van der Waals surface area contributed by atoms with Crippen molar-refractivity contribution < 1.29 is 4.79 Å². The van der Waals surface area contributed by atoms with Crippen LogP contribution in [0.2, 0.25) is 0 Å². The lowest BCUT2D eigenvalue weighted by Crippen LogP contribution is -2.38. The number of amides is 1. The number of halogens is 1. The molecule has 0 bridgehead atoms. The van der Waals surface area contributed by atoms with Crippen LogP contribution in [0.3, 0.4) is 0 Å². The van der Waals surface area contributed by atoms with E-state index >= 15 is 0 Å². The molecule has 1 amide bonds. The monoisotopic (exact) mass is 343 g/mol. The van der Waals surface area contributed by atoms with E-state index in [4.69, 9.17) is 0 Å². The first-order valence-corrected chi connectivity index (χ1v) is 8.06. The first-order chi connectivity index (χ1) is 10.1. The Bertz CT molecular complexity index is 681. The van der Waals surface area contributed by atoms with Gasteiger partial charge in [-0.3, -0.25) is 4.79 Å². The molecule has 0 saturated heterocycles. The summed E-state index contributed by atoms with van der Waals surface area (Å²) in [6, 6.07) is 14.5. The quantitative estimate of drug-likeness (QED) is 0.875. The average molecular weight is 344 g/mol. The topological polar surface area (TPSA) is 29.1 Å². The van der Waals surface area contributed by atoms with Gasteiger partial charge in [0.15, 0.2) is 0 Å². The Morgan fingerprint density at radius 3 is 2.71 bits per heavy atom. The van der Waals surface area contributed by atoms with E-state index in [1.54, 1.807) is 0 Å². The number of nitrogens with one attached hydrogen (secondary N) is 1. The third-order valence-corrected chi connectivity index (χ3v) is 4.99. The van der Waals surface area contributed by atoms with E-state index in [0.29, 0.717) is 0 Å². The highest BCUT2D eigenvalue weighted by atomic mass is 79.9. The molecule has 0 spiro atoms. The van der Waals surface area contributed by atoms with Crippen LogP contribution in [0.25, 0.3) is 0 Å². The summed E-state index contributed by atoms with van der Waals surface area (Å²) in [6.45, 7) is 2.00. The molecule has 3 heteroatoms. The fourth-order valence-electron chi connectivity index (χ4n) is 2.88. The summed E-state index contributed by atoms with van der Waals surface area (Å²) in [5.41, 5.74) is 4.59. The van der Waals surface area contributed by atoms with Gasteiger partial charge in [-0.05, 0) is 61.1 Å². The molecule has 0 aromatic heterocycles. The van der Waals surface area contributed by atoms with Crippen molar-refractivity contribution in [3.8, 4) is 0 Å². The second-order valence-electron chi connectivity index (χ2n) is 5.65.